The van der Waals surface area contributed by atoms with Crippen molar-refractivity contribution in [1.82, 2.24) is 19.7 Å². The van der Waals surface area contributed by atoms with Gasteiger partial charge in [-0.1, -0.05) is 30.3 Å². The molecule has 1 amide bonds. The molecule has 1 unspecified atom stereocenters. The summed E-state index contributed by atoms with van der Waals surface area (Å²) in [5.41, 5.74) is 4.14. The summed E-state index contributed by atoms with van der Waals surface area (Å²) in [6.07, 6.45) is 6.05. The van der Waals surface area contributed by atoms with Crippen LogP contribution >= 0.6 is 0 Å². The van der Waals surface area contributed by atoms with Crippen LogP contribution in [0, 0.1) is 6.92 Å². The van der Waals surface area contributed by atoms with Gasteiger partial charge < -0.3 is 9.47 Å². The van der Waals surface area contributed by atoms with E-state index in [1.54, 1.807) is 0 Å². The smallest absolute Gasteiger partial charge is 0.255 e. The second-order valence-electron chi connectivity index (χ2n) is 7.12. The molecule has 1 aliphatic rings. The van der Waals surface area contributed by atoms with Gasteiger partial charge >= 0.3 is 0 Å². The molecular weight excluding hydrogens is 324 g/mol. The molecule has 1 saturated heterocycles. The summed E-state index contributed by atoms with van der Waals surface area (Å²) in [5.74, 6) is 0.442. The van der Waals surface area contributed by atoms with Gasteiger partial charge in [-0.15, -0.1) is 0 Å². The summed E-state index contributed by atoms with van der Waals surface area (Å²) in [4.78, 5) is 14.9. The number of amides is 1. The maximum atomic E-state index is 12.9. The molecule has 0 spiro atoms. The van der Waals surface area contributed by atoms with Gasteiger partial charge in [-0.2, -0.15) is 5.10 Å². The van der Waals surface area contributed by atoms with Crippen molar-refractivity contribution < 1.29 is 4.79 Å². The van der Waals surface area contributed by atoms with Crippen LogP contribution in [0.5, 0.6) is 0 Å². The minimum atomic E-state index is 0.119. The van der Waals surface area contributed by atoms with E-state index in [1.807, 2.05) is 48.5 Å². The first-order chi connectivity index (χ1) is 12.7. The predicted molar refractivity (Wildman–Crippen MR) is 101 cm³/mol. The average Bonchev–Trinajstić information content (AvgIpc) is 3.31. The number of hydrogen-bond donors (Lipinski definition) is 1. The molecule has 26 heavy (non-hydrogen) atoms. The van der Waals surface area contributed by atoms with E-state index in [2.05, 4.69) is 33.0 Å². The molecule has 5 heteroatoms. The SMILES string of the molecule is Cc1cc(C2CCCN(C(=O)c3ccn(Cc4ccccc4)c3)C2)n[nH]1. The Morgan fingerprint density at radius 3 is 2.88 bits per heavy atom. The maximum absolute atomic E-state index is 12.9. The zero-order valence-corrected chi connectivity index (χ0v) is 15.1. The zero-order chi connectivity index (χ0) is 17.9. The number of likely N-dealkylation sites (tertiary alicyclic amines) is 1. The third-order valence-electron chi connectivity index (χ3n) is 5.06. The number of aromatic amines is 1. The highest BCUT2D eigenvalue weighted by Gasteiger charge is 2.27. The number of carbonyl (C=O) groups is 1. The zero-order valence-electron chi connectivity index (χ0n) is 15.1. The molecule has 3 heterocycles. The van der Waals surface area contributed by atoms with E-state index in [0.717, 1.165) is 49.4 Å². The van der Waals surface area contributed by atoms with Crippen molar-refractivity contribution >= 4 is 5.91 Å². The molecule has 1 N–H and O–H groups in total. The molecular formula is C21H24N4O. The molecule has 0 saturated carbocycles. The van der Waals surface area contributed by atoms with Gasteiger partial charge in [0.05, 0.1) is 11.3 Å². The lowest BCUT2D eigenvalue weighted by atomic mass is 9.94. The Bertz CT molecular complexity index is 880. The lowest BCUT2D eigenvalue weighted by Crippen LogP contribution is -2.39. The van der Waals surface area contributed by atoms with Crippen molar-refractivity contribution in [1.29, 1.82) is 0 Å². The molecule has 134 valence electrons. The standard InChI is InChI=1S/C21H24N4O/c1-16-12-20(23-22-16)18-8-5-10-25(15-18)21(26)19-9-11-24(14-19)13-17-6-3-2-4-7-17/h2-4,6-7,9,11-12,14,18H,5,8,10,13,15H2,1H3,(H,22,23). The van der Waals surface area contributed by atoms with E-state index < -0.39 is 0 Å². The van der Waals surface area contributed by atoms with E-state index in [9.17, 15) is 4.79 Å². The Labute approximate surface area is 153 Å². The highest BCUT2D eigenvalue weighted by molar-refractivity contribution is 5.94. The van der Waals surface area contributed by atoms with Gasteiger partial charge in [0.15, 0.2) is 0 Å². The number of carbonyl (C=O) groups excluding carboxylic acids is 1. The highest BCUT2D eigenvalue weighted by atomic mass is 16.2. The third kappa shape index (κ3) is 3.57. The third-order valence-corrected chi connectivity index (χ3v) is 5.06. The fourth-order valence-corrected chi connectivity index (χ4v) is 3.69. The largest absolute Gasteiger partial charge is 0.349 e. The molecule has 0 bridgehead atoms. The molecule has 3 aromatic rings. The molecule has 1 aliphatic heterocycles. The van der Waals surface area contributed by atoms with Crippen LogP contribution in [-0.2, 0) is 6.54 Å². The van der Waals surface area contributed by atoms with Gasteiger partial charge in [0.1, 0.15) is 0 Å². The molecule has 1 fully saturated rings. The number of nitrogens with zero attached hydrogens (tertiary/aromatic N) is 3. The van der Waals surface area contributed by atoms with E-state index in [4.69, 9.17) is 0 Å². The van der Waals surface area contributed by atoms with Crippen LogP contribution in [0.25, 0.3) is 0 Å². The summed E-state index contributed by atoms with van der Waals surface area (Å²) in [5, 5.41) is 7.40. The lowest BCUT2D eigenvalue weighted by Gasteiger charge is -2.31. The topological polar surface area (TPSA) is 53.9 Å². The monoisotopic (exact) mass is 348 g/mol. The van der Waals surface area contributed by atoms with Crippen molar-refractivity contribution in [2.75, 3.05) is 13.1 Å². The maximum Gasteiger partial charge on any atom is 0.255 e. The minimum absolute atomic E-state index is 0.119. The van der Waals surface area contributed by atoms with Gasteiger partial charge in [0, 0.05) is 43.6 Å². The summed E-state index contributed by atoms with van der Waals surface area (Å²) in [7, 11) is 0. The number of aryl methyl sites for hydroxylation is 1. The number of benzene rings is 1. The van der Waals surface area contributed by atoms with Crippen LogP contribution in [0.4, 0.5) is 0 Å². The van der Waals surface area contributed by atoms with Crippen LogP contribution in [0.3, 0.4) is 0 Å². The molecule has 4 rings (SSSR count). The Balaban J connectivity index is 1.44. The van der Waals surface area contributed by atoms with Crippen molar-refractivity contribution in [3.63, 3.8) is 0 Å². The van der Waals surface area contributed by atoms with Crippen molar-refractivity contribution in [3.05, 3.63) is 77.4 Å². The quantitative estimate of drug-likeness (QED) is 0.783. The highest BCUT2D eigenvalue weighted by Crippen LogP contribution is 2.27. The number of rotatable bonds is 4. The van der Waals surface area contributed by atoms with Gasteiger partial charge in [-0.3, -0.25) is 9.89 Å². The van der Waals surface area contributed by atoms with Crippen molar-refractivity contribution in [2.45, 2.75) is 32.2 Å². The summed E-state index contributed by atoms with van der Waals surface area (Å²) in [6, 6.07) is 14.3. The summed E-state index contributed by atoms with van der Waals surface area (Å²) < 4.78 is 2.07. The first-order valence-corrected chi connectivity index (χ1v) is 9.20. The predicted octanol–water partition coefficient (Wildman–Crippen LogP) is 3.59. The second-order valence-corrected chi connectivity index (χ2v) is 7.12. The van der Waals surface area contributed by atoms with E-state index in [0.29, 0.717) is 5.92 Å². The molecule has 1 atom stereocenters. The lowest BCUT2D eigenvalue weighted by molar-refractivity contribution is 0.0706. The average molecular weight is 348 g/mol. The van der Waals surface area contributed by atoms with Crippen LogP contribution in [0.2, 0.25) is 0 Å². The Hall–Kier alpha value is -2.82. The van der Waals surface area contributed by atoms with E-state index >= 15 is 0 Å². The molecule has 5 nitrogen and oxygen atoms in total. The van der Waals surface area contributed by atoms with Crippen LogP contribution in [-0.4, -0.2) is 38.7 Å². The number of aromatic nitrogens is 3. The van der Waals surface area contributed by atoms with Gasteiger partial charge in [0.25, 0.3) is 5.91 Å². The van der Waals surface area contributed by atoms with Crippen LogP contribution < -0.4 is 0 Å². The number of hydrogen-bond acceptors (Lipinski definition) is 2. The van der Waals surface area contributed by atoms with Gasteiger partial charge in [-0.05, 0) is 37.5 Å². The number of nitrogens with one attached hydrogen (secondary N) is 1. The van der Waals surface area contributed by atoms with E-state index in [1.165, 1.54) is 5.56 Å². The van der Waals surface area contributed by atoms with Gasteiger partial charge in [-0.25, -0.2) is 0 Å². The van der Waals surface area contributed by atoms with Crippen LogP contribution in [0.1, 0.15) is 46.1 Å². The summed E-state index contributed by atoms with van der Waals surface area (Å²) >= 11 is 0. The molecule has 0 aliphatic carbocycles. The normalized spacial score (nSPS) is 17.4. The Morgan fingerprint density at radius 2 is 2.12 bits per heavy atom. The molecule has 0 radical (unpaired) electrons. The molecule has 1 aromatic carbocycles. The van der Waals surface area contributed by atoms with Gasteiger partial charge in [0.2, 0.25) is 0 Å². The fourth-order valence-electron chi connectivity index (χ4n) is 3.69. The van der Waals surface area contributed by atoms with Crippen molar-refractivity contribution in [3.8, 4) is 0 Å². The number of H-pyrrole nitrogens is 1. The Morgan fingerprint density at radius 1 is 1.27 bits per heavy atom. The first kappa shape index (κ1) is 16.6. The summed E-state index contributed by atoms with van der Waals surface area (Å²) in [6.45, 7) is 4.36. The molecule has 2 aromatic heterocycles. The second kappa shape index (κ2) is 7.20. The fraction of sp³-hybridized carbons (Fsp3) is 0.333. The van der Waals surface area contributed by atoms with Crippen LogP contribution in [0.15, 0.2) is 54.9 Å². The number of piperidine rings is 1. The first-order valence-electron chi connectivity index (χ1n) is 9.20. The minimum Gasteiger partial charge on any atom is -0.349 e. The Kier molecular flexibility index (Phi) is 4.61. The van der Waals surface area contributed by atoms with E-state index in [-0.39, 0.29) is 5.91 Å². The van der Waals surface area contributed by atoms with Crippen molar-refractivity contribution in [2.24, 2.45) is 0 Å².